The summed E-state index contributed by atoms with van der Waals surface area (Å²) in [6, 6.07) is 3.82. The Kier molecular flexibility index (Phi) is 8.38. The van der Waals surface area contributed by atoms with Crippen LogP contribution in [0, 0.1) is 0 Å². The highest BCUT2D eigenvalue weighted by Crippen LogP contribution is 2.27. The number of carbonyl (C=O) groups is 1. The van der Waals surface area contributed by atoms with Crippen LogP contribution in [0.2, 0.25) is 0 Å². The van der Waals surface area contributed by atoms with E-state index in [4.69, 9.17) is 19.3 Å². The standard InChI is InChI=1S/C19H26O10/c1-10(4-5-20)9-27-19-18(17(26)16(25)14(8-21)28-19)29-15(24)7-11-2-3-12(22)13(23)6-11/h2-4,6,14,16-23,25-26H,5,7-9H2,1H3. The van der Waals surface area contributed by atoms with E-state index in [1.165, 1.54) is 24.3 Å². The van der Waals surface area contributed by atoms with Crippen molar-refractivity contribution in [2.75, 3.05) is 19.8 Å². The number of aromatic hydroxyl groups is 2. The maximum Gasteiger partial charge on any atom is 0.310 e. The molecule has 0 saturated carbocycles. The minimum atomic E-state index is -1.58. The van der Waals surface area contributed by atoms with Crippen LogP contribution in [0.15, 0.2) is 29.8 Å². The maximum absolute atomic E-state index is 12.3. The molecule has 10 nitrogen and oxygen atoms in total. The number of phenols is 2. The second kappa shape index (κ2) is 10.5. The molecule has 1 saturated heterocycles. The van der Waals surface area contributed by atoms with Crippen molar-refractivity contribution in [1.29, 1.82) is 0 Å². The van der Waals surface area contributed by atoms with Crippen molar-refractivity contribution in [3.63, 3.8) is 0 Å². The highest BCUT2D eigenvalue weighted by molar-refractivity contribution is 5.73. The molecule has 0 radical (unpaired) electrons. The summed E-state index contributed by atoms with van der Waals surface area (Å²) in [6.07, 6.45) is -5.67. The van der Waals surface area contributed by atoms with Crippen molar-refractivity contribution in [1.82, 2.24) is 0 Å². The fourth-order valence-corrected chi connectivity index (χ4v) is 2.78. The molecule has 5 unspecified atom stereocenters. The normalized spacial score (nSPS) is 27.6. The van der Waals surface area contributed by atoms with Gasteiger partial charge in [-0.25, -0.2) is 0 Å². The van der Waals surface area contributed by atoms with Gasteiger partial charge in [-0.3, -0.25) is 4.79 Å². The molecule has 10 heteroatoms. The third-order valence-electron chi connectivity index (χ3n) is 4.40. The van der Waals surface area contributed by atoms with Crippen molar-refractivity contribution in [2.24, 2.45) is 0 Å². The van der Waals surface area contributed by atoms with E-state index >= 15 is 0 Å². The first-order valence-electron chi connectivity index (χ1n) is 8.97. The molecule has 5 atom stereocenters. The number of aliphatic hydroxyl groups excluding tert-OH is 4. The molecule has 1 heterocycles. The van der Waals surface area contributed by atoms with Crippen molar-refractivity contribution in [3.05, 3.63) is 35.4 Å². The molecule has 0 spiro atoms. The van der Waals surface area contributed by atoms with E-state index in [2.05, 4.69) is 0 Å². The number of benzene rings is 1. The molecule has 1 fully saturated rings. The lowest BCUT2D eigenvalue weighted by Crippen LogP contribution is -2.60. The first-order valence-corrected chi connectivity index (χ1v) is 8.97. The zero-order chi connectivity index (χ0) is 21.6. The van der Waals surface area contributed by atoms with Crippen LogP contribution in [0.25, 0.3) is 0 Å². The molecule has 0 bridgehead atoms. The average molecular weight is 414 g/mol. The third-order valence-corrected chi connectivity index (χ3v) is 4.40. The Hall–Kier alpha value is -2.21. The quantitative estimate of drug-likeness (QED) is 0.175. The van der Waals surface area contributed by atoms with E-state index in [9.17, 15) is 30.3 Å². The third kappa shape index (κ3) is 6.13. The summed E-state index contributed by atoms with van der Waals surface area (Å²) >= 11 is 0. The number of esters is 1. The van der Waals surface area contributed by atoms with Crippen LogP contribution >= 0.6 is 0 Å². The first kappa shape index (κ1) is 23.1. The summed E-state index contributed by atoms with van der Waals surface area (Å²) in [5.41, 5.74) is 1.01. The lowest BCUT2D eigenvalue weighted by Gasteiger charge is -2.41. The number of aliphatic hydroxyl groups is 4. The molecule has 0 amide bonds. The Morgan fingerprint density at radius 3 is 2.52 bits per heavy atom. The van der Waals surface area contributed by atoms with Gasteiger partial charge in [-0.1, -0.05) is 12.1 Å². The summed E-state index contributed by atoms with van der Waals surface area (Å²) in [7, 11) is 0. The lowest BCUT2D eigenvalue weighted by atomic mass is 9.99. The van der Waals surface area contributed by atoms with Gasteiger partial charge >= 0.3 is 5.97 Å². The van der Waals surface area contributed by atoms with Gasteiger partial charge in [-0.05, 0) is 30.2 Å². The van der Waals surface area contributed by atoms with Gasteiger partial charge in [0.2, 0.25) is 0 Å². The van der Waals surface area contributed by atoms with Crippen LogP contribution in [0.1, 0.15) is 12.5 Å². The molecule has 0 aromatic heterocycles. The van der Waals surface area contributed by atoms with Gasteiger partial charge in [-0.2, -0.15) is 0 Å². The molecule has 2 rings (SSSR count). The molecular weight excluding hydrogens is 388 g/mol. The summed E-state index contributed by atoms with van der Waals surface area (Å²) < 4.78 is 16.2. The maximum atomic E-state index is 12.3. The molecule has 1 aliphatic heterocycles. The Morgan fingerprint density at radius 2 is 1.90 bits per heavy atom. The minimum Gasteiger partial charge on any atom is -0.504 e. The molecule has 1 aliphatic rings. The molecule has 6 N–H and O–H groups in total. The molecule has 29 heavy (non-hydrogen) atoms. The summed E-state index contributed by atoms with van der Waals surface area (Å²) in [4.78, 5) is 12.3. The van der Waals surface area contributed by atoms with Crippen LogP contribution in [0.4, 0.5) is 0 Å². The van der Waals surface area contributed by atoms with Gasteiger partial charge in [0.1, 0.15) is 18.3 Å². The average Bonchev–Trinajstić information content (AvgIpc) is 2.68. The topological polar surface area (TPSA) is 166 Å². The fourth-order valence-electron chi connectivity index (χ4n) is 2.78. The number of carbonyl (C=O) groups excluding carboxylic acids is 1. The largest absolute Gasteiger partial charge is 0.504 e. The molecule has 1 aromatic rings. The summed E-state index contributed by atoms with van der Waals surface area (Å²) in [5, 5.41) is 57.5. The van der Waals surface area contributed by atoms with Crippen molar-refractivity contribution in [2.45, 2.75) is 44.1 Å². The van der Waals surface area contributed by atoms with Gasteiger partial charge in [0.05, 0.1) is 26.2 Å². The number of hydrogen-bond donors (Lipinski definition) is 6. The molecular formula is C19H26O10. The number of hydrogen-bond acceptors (Lipinski definition) is 10. The van der Waals surface area contributed by atoms with Gasteiger partial charge < -0.3 is 44.8 Å². The van der Waals surface area contributed by atoms with E-state index in [1.807, 2.05) is 0 Å². The lowest BCUT2D eigenvalue weighted by molar-refractivity contribution is -0.302. The zero-order valence-electron chi connectivity index (χ0n) is 15.8. The van der Waals surface area contributed by atoms with Gasteiger partial charge in [-0.15, -0.1) is 0 Å². The highest BCUT2D eigenvalue weighted by atomic mass is 16.7. The van der Waals surface area contributed by atoms with Crippen LogP contribution < -0.4 is 0 Å². The zero-order valence-corrected chi connectivity index (χ0v) is 15.8. The Morgan fingerprint density at radius 1 is 1.17 bits per heavy atom. The van der Waals surface area contributed by atoms with Crippen LogP contribution in [-0.4, -0.2) is 87.1 Å². The highest BCUT2D eigenvalue weighted by Gasteiger charge is 2.47. The van der Waals surface area contributed by atoms with Gasteiger partial charge in [0.15, 0.2) is 23.9 Å². The van der Waals surface area contributed by atoms with Crippen molar-refractivity contribution < 1.29 is 49.6 Å². The Balaban J connectivity index is 2.10. The second-order valence-corrected chi connectivity index (χ2v) is 6.71. The number of ether oxygens (including phenoxy) is 3. The summed E-state index contributed by atoms with van der Waals surface area (Å²) in [6.45, 7) is 0.897. The second-order valence-electron chi connectivity index (χ2n) is 6.71. The number of rotatable bonds is 8. The van der Waals surface area contributed by atoms with Crippen LogP contribution in [0.5, 0.6) is 11.5 Å². The summed E-state index contributed by atoms with van der Waals surface area (Å²) in [5.74, 6) is -1.53. The predicted octanol–water partition coefficient (Wildman–Crippen LogP) is -1.05. The van der Waals surface area contributed by atoms with E-state index in [1.54, 1.807) is 6.92 Å². The van der Waals surface area contributed by atoms with Crippen molar-refractivity contribution in [3.8, 4) is 11.5 Å². The van der Waals surface area contributed by atoms with Gasteiger partial charge in [0, 0.05) is 0 Å². The smallest absolute Gasteiger partial charge is 0.310 e. The van der Waals surface area contributed by atoms with E-state index < -0.39 is 49.0 Å². The van der Waals surface area contributed by atoms with Crippen molar-refractivity contribution >= 4 is 5.97 Å². The van der Waals surface area contributed by atoms with Crippen LogP contribution in [-0.2, 0) is 25.4 Å². The predicted molar refractivity (Wildman–Crippen MR) is 97.9 cm³/mol. The monoisotopic (exact) mass is 414 g/mol. The number of phenolic OH excluding ortho intramolecular Hbond substituents is 2. The van der Waals surface area contributed by atoms with E-state index in [0.29, 0.717) is 11.1 Å². The first-order chi connectivity index (χ1) is 13.8. The van der Waals surface area contributed by atoms with Crippen LogP contribution in [0.3, 0.4) is 0 Å². The van der Waals surface area contributed by atoms with E-state index in [0.717, 1.165) is 0 Å². The van der Waals surface area contributed by atoms with Gasteiger partial charge in [0.25, 0.3) is 0 Å². The molecule has 1 aromatic carbocycles. The van der Waals surface area contributed by atoms with E-state index in [-0.39, 0.29) is 25.4 Å². The Labute approximate surface area is 167 Å². The fraction of sp³-hybridized carbons (Fsp3) is 0.526. The minimum absolute atomic E-state index is 0.00786. The molecule has 0 aliphatic carbocycles. The Bertz CT molecular complexity index is 719. The SMILES string of the molecule is CC(=CCO)COC1OC(CO)C(O)C(O)C1OC(=O)Cc1ccc(O)c(O)c1. The molecule has 162 valence electrons.